The van der Waals surface area contributed by atoms with Crippen LogP contribution in [0.25, 0.3) is 0 Å². The fourth-order valence-corrected chi connectivity index (χ4v) is 3.39. The second kappa shape index (κ2) is 6.23. The van der Waals surface area contributed by atoms with E-state index < -0.39 is 0 Å². The second-order valence-electron chi connectivity index (χ2n) is 2.15. The molecule has 0 N–H and O–H groups in total. The van der Waals surface area contributed by atoms with Crippen LogP contribution in [0.3, 0.4) is 0 Å². The van der Waals surface area contributed by atoms with E-state index >= 15 is 0 Å². The smallest absolute Gasteiger partial charge is 0.130 e. The predicted octanol–water partition coefficient (Wildman–Crippen LogP) is 3.19. The number of rotatable bonds is 6. The molecule has 2 nitrogen and oxygen atoms in total. The van der Waals surface area contributed by atoms with Gasteiger partial charge in [-0.3, -0.25) is 0 Å². The molecule has 1 rings (SSSR count). The summed E-state index contributed by atoms with van der Waals surface area (Å²) in [7, 11) is 3.37. The maximum Gasteiger partial charge on any atom is 0.145 e. The number of hydrogen-bond acceptors (Lipinski definition) is 5. The lowest BCUT2D eigenvalue weighted by atomic mass is 10.4. The molecular weight excluding hydrogens is 220 g/mol. The molecule has 0 aliphatic rings. The van der Waals surface area contributed by atoms with Crippen LogP contribution in [-0.4, -0.2) is 15.3 Å². The Balaban J connectivity index is 2.49. The van der Waals surface area contributed by atoms with Crippen LogP contribution in [0, 0.1) is 0 Å². The maximum absolute atomic E-state index is 4.04. The van der Waals surface area contributed by atoms with Crippen molar-refractivity contribution in [2.45, 2.75) is 11.4 Å². The van der Waals surface area contributed by atoms with E-state index in [9.17, 15) is 0 Å². The minimum Gasteiger partial charge on any atom is -0.130 e. The topological polar surface area (TPSA) is 25.8 Å². The summed E-state index contributed by atoms with van der Waals surface area (Å²) in [5.74, 6) is 0.926. The Morgan fingerprint density at radius 2 is 2.23 bits per heavy atom. The normalized spacial score (nSPS) is 9.85. The van der Waals surface area contributed by atoms with Crippen molar-refractivity contribution in [1.82, 2.24) is 9.59 Å². The summed E-state index contributed by atoms with van der Waals surface area (Å²) in [5, 5.41) is 5.05. The Bertz CT molecular complexity index is 283. The van der Waals surface area contributed by atoms with Gasteiger partial charge in [0.1, 0.15) is 5.03 Å². The first-order valence-corrected chi connectivity index (χ1v) is 6.80. The van der Waals surface area contributed by atoms with E-state index in [4.69, 9.17) is 0 Å². The van der Waals surface area contributed by atoms with E-state index in [1.54, 1.807) is 21.6 Å². The van der Waals surface area contributed by atoms with Gasteiger partial charge in [0.15, 0.2) is 0 Å². The number of allylic oxidation sites excluding steroid dienone is 1. The highest BCUT2D eigenvalue weighted by Crippen LogP contribution is 2.33. The molecule has 70 valence electrons. The minimum absolute atomic E-state index is 0.856. The summed E-state index contributed by atoms with van der Waals surface area (Å²) in [6.45, 7) is 7.35. The largest absolute Gasteiger partial charge is 0.145 e. The van der Waals surface area contributed by atoms with E-state index in [2.05, 4.69) is 22.7 Å². The van der Waals surface area contributed by atoms with Crippen LogP contribution >= 0.6 is 33.1 Å². The van der Waals surface area contributed by atoms with Crippen LogP contribution in [0.1, 0.15) is 4.88 Å². The van der Waals surface area contributed by atoms with Gasteiger partial charge in [-0.25, -0.2) is 0 Å². The van der Waals surface area contributed by atoms with Crippen molar-refractivity contribution in [2.24, 2.45) is 0 Å². The highest BCUT2D eigenvalue weighted by atomic mass is 33.1. The predicted molar refractivity (Wildman–Crippen MR) is 62.3 cm³/mol. The van der Waals surface area contributed by atoms with Gasteiger partial charge in [0.2, 0.25) is 0 Å². The quantitative estimate of drug-likeness (QED) is 0.426. The molecule has 0 fully saturated rings. The third-order valence-electron chi connectivity index (χ3n) is 1.17. The van der Waals surface area contributed by atoms with E-state index in [-0.39, 0.29) is 0 Å². The van der Waals surface area contributed by atoms with Gasteiger partial charge in [0, 0.05) is 12.2 Å². The fraction of sp³-hybridized carbons (Fsp3) is 0.250. The molecule has 1 aromatic rings. The molecule has 5 heteroatoms. The number of nitrogens with zero attached hydrogens (tertiary/aromatic N) is 2. The first-order valence-electron chi connectivity index (χ1n) is 3.71. The Labute approximate surface area is 90.1 Å². The molecule has 0 unspecified atom stereocenters. The van der Waals surface area contributed by atoms with Gasteiger partial charge in [-0.2, -0.15) is 0 Å². The summed E-state index contributed by atoms with van der Waals surface area (Å²) in [5.41, 5.74) is 0. The van der Waals surface area contributed by atoms with Gasteiger partial charge in [-0.05, 0) is 22.3 Å². The lowest BCUT2D eigenvalue weighted by Crippen LogP contribution is -1.78. The SMILES string of the molecule is C=CCSSc1nnsc1CC=C. The zero-order chi connectivity index (χ0) is 9.52. The molecule has 0 atom stereocenters. The molecule has 1 aromatic heterocycles. The zero-order valence-corrected chi connectivity index (χ0v) is 9.55. The van der Waals surface area contributed by atoms with Crippen molar-refractivity contribution in [3.8, 4) is 0 Å². The van der Waals surface area contributed by atoms with Crippen molar-refractivity contribution in [2.75, 3.05) is 5.75 Å². The summed E-state index contributed by atoms with van der Waals surface area (Å²) in [6, 6.07) is 0. The van der Waals surface area contributed by atoms with Crippen molar-refractivity contribution in [3.05, 3.63) is 30.2 Å². The van der Waals surface area contributed by atoms with Crippen LogP contribution in [0.5, 0.6) is 0 Å². The van der Waals surface area contributed by atoms with Crippen molar-refractivity contribution >= 4 is 33.1 Å². The van der Waals surface area contributed by atoms with Gasteiger partial charge >= 0.3 is 0 Å². The Morgan fingerprint density at radius 1 is 1.38 bits per heavy atom. The van der Waals surface area contributed by atoms with Crippen molar-refractivity contribution < 1.29 is 0 Å². The molecule has 0 radical (unpaired) electrons. The Morgan fingerprint density at radius 3 is 2.92 bits per heavy atom. The van der Waals surface area contributed by atoms with Gasteiger partial charge in [-0.1, -0.05) is 27.4 Å². The molecule has 1 heterocycles. The van der Waals surface area contributed by atoms with Crippen LogP contribution < -0.4 is 0 Å². The fourth-order valence-electron chi connectivity index (χ4n) is 0.658. The molecular formula is C8H10N2S3. The van der Waals surface area contributed by atoms with Crippen LogP contribution in [-0.2, 0) is 6.42 Å². The first kappa shape index (κ1) is 10.8. The molecule has 0 aliphatic carbocycles. The van der Waals surface area contributed by atoms with E-state index in [0.29, 0.717) is 0 Å². The molecule has 0 spiro atoms. The summed E-state index contributed by atoms with van der Waals surface area (Å²) in [4.78, 5) is 1.19. The molecule has 13 heavy (non-hydrogen) atoms. The highest BCUT2D eigenvalue weighted by Gasteiger charge is 2.06. The molecule has 0 bridgehead atoms. The molecule has 0 saturated heterocycles. The lowest BCUT2D eigenvalue weighted by Gasteiger charge is -1.94. The average Bonchev–Trinajstić information content (AvgIpc) is 2.54. The zero-order valence-electron chi connectivity index (χ0n) is 7.10. The van der Waals surface area contributed by atoms with E-state index in [1.807, 2.05) is 12.2 Å². The summed E-state index contributed by atoms with van der Waals surface area (Å²) >= 11 is 1.44. The summed E-state index contributed by atoms with van der Waals surface area (Å²) in [6.07, 6.45) is 4.61. The van der Waals surface area contributed by atoms with Crippen LogP contribution in [0.4, 0.5) is 0 Å². The Kier molecular flexibility index (Phi) is 5.19. The van der Waals surface area contributed by atoms with Gasteiger partial charge in [-0.15, -0.1) is 18.3 Å². The third-order valence-corrected chi connectivity index (χ3v) is 4.26. The van der Waals surface area contributed by atoms with Gasteiger partial charge in [0.05, 0.1) is 4.88 Å². The molecule has 0 saturated carbocycles. The van der Waals surface area contributed by atoms with Gasteiger partial charge < -0.3 is 0 Å². The van der Waals surface area contributed by atoms with Crippen LogP contribution in [0.2, 0.25) is 0 Å². The van der Waals surface area contributed by atoms with Gasteiger partial charge in [0.25, 0.3) is 0 Å². The number of aromatic nitrogens is 2. The maximum atomic E-state index is 4.04. The van der Waals surface area contributed by atoms with Crippen molar-refractivity contribution in [3.63, 3.8) is 0 Å². The standard InChI is InChI=1S/C8H10N2S3/c1-3-5-7-8(9-10-12-7)13-11-6-4-2/h3-4H,1-2,5-6H2. The third kappa shape index (κ3) is 3.54. The minimum atomic E-state index is 0.856. The highest BCUT2D eigenvalue weighted by molar-refractivity contribution is 8.76. The van der Waals surface area contributed by atoms with Crippen LogP contribution in [0.15, 0.2) is 30.3 Å². The molecule has 0 amide bonds. The second-order valence-corrected chi connectivity index (χ2v) is 5.32. The molecule has 0 aliphatic heterocycles. The molecule has 0 aromatic carbocycles. The van der Waals surface area contributed by atoms with E-state index in [0.717, 1.165) is 17.2 Å². The summed E-state index contributed by atoms with van der Waals surface area (Å²) < 4.78 is 3.90. The first-order chi connectivity index (χ1) is 6.38. The Hall–Kier alpha value is -0.260. The lowest BCUT2D eigenvalue weighted by molar-refractivity contribution is 1.01. The average molecular weight is 230 g/mol. The van der Waals surface area contributed by atoms with E-state index in [1.165, 1.54) is 16.4 Å². The monoisotopic (exact) mass is 230 g/mol. The van der Waals surface area contributed by atoms with Crippen molar-refractivity contribution in [1.29, 1.82) is 0 Å². The number of hydrogen-bond donors (Lipinski definition) is 0.